The van der Waals surface area contributed by atoms with Gasteiger partial charge in [-0.15, -0.1) is 0 Å². The van der Waals surface area contributed by atoms with Crippen LogP contribution >= 0.6 is 0 Å². The summed E-state index contributed by atoms with van der Waals surface area (Å²) in [6.45, 7) is 3.97. The summed E-state index contributed by atoms with van der Waals surface area (Å²) in [5, 5.41) is 3.44. The first-order valence-corrected chi connectivity index (χ1v) is 7.80. The van der Waals surface area contributed by atoms with E-state index in [0.717, 1.165) is 19.7 Å². The Balaban J connectivity index is 1.51. The third kappa shape index (κ3) is 5.03. The van der Waals surface area contributed by atoms with Gasteiger partial charge in [0.25, 0.3) is 0 Å². The smallest absolute Gasteiger partial charge is 0.0708 e. The maximum Gasteiger partial charge on any atom is 0.0708 e. The van der Waals surface area contributed by atoms with E-state index in [4.69, 9.17) is 14.2 Å². The average molecular weight is 271 g/mol. The summed E-state index contributed by atoms with van der Waals surface area (Å²) in [6, 6.07) is 0. The molecule has 1 aliphatic heterocycles. The number of rotatable bonds is 8. The van der Waals surface area contributed by atoms with Gasteiger partial charge < -0.3 is 19.5 Å². The van der Waals surface area contributed by atoms with Gasteiger partial charge in [0.15, 0.2) is 0 Å². The molecule has 0 aromatic carbocycles. The molecule has 2 rings (SSSR count). The molecule has 1 unspecified atom stereocenters. The lowest BCUT2D eigenvalue weighted by Gasteiger charge is -2.33. The summed E-state index contributed by atoms with van der Waals surface area (Å²) in [7, 11) is 1.69. The first kappa shape index (κ1) is 15.2. The molecule has 1 saturated heterocycles. The normalized spacial score (nSPS) is 26.1. The first-order chi connectivity index (χ1) is 9.35. The maximum absolute atomic E-state index is 6.31. The number of ether oxygens (including phenoxy) is 3. The van der Waals surface area contributed by atoms with E-state index in [1.807, 2.05) is 0 Å². The molecular weight excluding hydrogens is 242 g/mol. The van der Waals surface area contributed by atoms with Crippen LogP contribution in [0, 0.1) is 0 Å². The Bertz CT molecular complexity index is 242. The van der Waals surface area contributed by atoms with Gasteiger partial charge in [0.2, 0.25) is 0 Å². The Labute approximate surface area is 117 Å². The van der Waals surface area contributed by atoms with E-state index in [1.54, 1.807) is 7.11 Å². The van der Waals surface area contributed by atoms with E-state index < -0.39 is 0 Å². The van der Waals surface area contributed by atoms with Gasteiger partial charge in [0.05, 0.1) is 31.5 Å². The zero-order chi connectivity index (χ0) is 13.4. The van der Waals surface area contributed by atoms with Gasteiger partial charge in [-0.3, -0.25) is 0 Å². The number of nitrogens with one attached hydrogen (secondary N) is 1. The molecule has 0 aromatic heterocycles. The molecule has 1 N–H and O–H groups in total. The van der Waals surface area contributed by atoms with Crippen molar-refractivity contribution in [3.8, 4) is 0 Å². The second-order valence-corrected chi connectivity index (χ2v) is 5.83. The van der Waals surface area contributed by atoms with Crippen LogP contribution in [0.25, 0.3) is 0 Å². The van der Waals surface area contributed by atoms with E-state index in [0.29, 0.717) is 19.3 Å². The molecule has 1 heterocycles. The van der Waals surface area contributed by atoms with E-state index in [2.05, 4.69) is 5.32 Å². The van der Waals surface area contributed by atoms with E-state index in [9.17, 15) is 0 Å². The van der Waals surface area contributed by atoms with Crippen LogP contribution in [0.15, 0.2) is 0 Å². The van der Waals surface area contributed by atoms with Gasteiger partial charge >= 0.3 is 0 Å². The van der Waals surface area contributed by atoms with Crippen molar-refractivity contribution in [1.82, 2.24) is 5.32 Å². The van der Waals surface area contributed by atoms with Crippen molar-refractivity contribution < 1.29 is 14.2 Å². The second kappa shape index (κ2) is 8.20. The predicted molar refractivity (Wildman–Crippen MR) is 75.5 cm³/mol. The summed E-state index contributed by atoms with van der Waals surface area (Å²) in [4.78, 5) is 0. The third-order valence-corrected chi connectivity index (χ3v) is 4.33. The van der Waals surface area contributed by atoms with Crippen LogP contribution in [-0.2, 0) is 14.2 Å². The standard InChI is InChI=1S/C15H29NO3/c1-17-11-12-18-10-9-16-13-14-5-8-15(19-14)6-3-2-4-7-15/h14,16H,2-13H2,1H3. The molecule has 0 aromatic rings. The molecule has 0 radical (unpaired) electrons. The minimum atomic E-state index is 0.250. The van der Waals surface area contributed by atoms with Gasteiger partial charge in [0.1, 0.15) is 0 Å². The molecule has 4 nitrogen and oxygen atoms in total. The number of hydrogen-bond donors (Lipinski definition) is 1. The minimum absolute atomic E-state index is 0.250. The number of methoxy groups -OCH3 is 1. The Morgan fingerprint density at radius 3 is 2.74 bits per heavy atom. The van der Waals surface area contributed by atoms with Crippen LogP contribution in [0.4, 0.5) is 0 Å². The zero-order valence-corrected chi connectivity index (χ0v) is 12.3. The predicted octanol–water partition coefficient (Wildman–Crippen LogP) is 2.12. The lowest BCUT2D eigenvalue weighted by Crippen LogP contribution is -2.35. The Morgan fingerprint density at radius 2 is 1.95 bits per heavy atom. The Hall–Kier alpha value is -0.160. The molecule has 4 heteroatoms. The van der Waals surface area contributed by atoms with Gasteiger partial charge in [-0.1, -0.05) is 19.3 Å². The quantitative estimate of drug-likeness (QED) is 0.687. The van der Waals surface area contributed by atoms with Crippen molar-refractivity contribution in [2.75, 3.05) is 40.0 Å². The van der Waals surface area contributed by atoms with Crippen molar-refractivity contribution in [3.63, 3.8) is 0 Å². The van der Waals surface area contributed by atoms with Crippen LogP contribution in [0.1, 0.15) is 44.9 Å². The summed E-state index contributed by atoms with van der Waals surface area (Å²) in [5.41, 5.74) is 0.250. The molecule has 2 fully saturated rings. The number of hydrogen-bond acceptors (Lipinski definition) is 4. The molecule has 1 aliphatic carbocycles. The van der Waals surface area contributed by atoms with E-state index in [1.165, 1.54) is 44.9 Å². The summed E-state index contributed by atoms with van der Waals surface area (Å²) in [6.07, 6.45) is 9.57. The summed E-state index contributed by atoms with van der Waals surface area (Å²) >= 11 is 0. The highest BCUT2D eigenvalue weighted by atomic mass is 16.5. The molecule has 0 amide bonds. The fourth-order valence-electron chi connectivity index (χ4n) is 3.25. The third-order valence-electron chi connectivity index (χ3n) is 4.33. The van der Waals surface area contributed by atoms with Crippen LogP contribution in [0.2, 0.25) is 0 Å². The molecule has 1 saturated carbocycles. The molecule has 112 valence electrons. The zero-order valence-electron chi connectivity index (χ0n) is 12.3. The lowest BCUT2D eigenvalue weighted by molar-refractivity contribution is -0.0626. The highest BCUT2D eigenvalue weighted by molar-refractivity contribution is 4.91. The highest BCUT2D eigenvalue weighted by Crippen LogP contribution is 2.41. The van der Waals surface area contributed by atoms with E-state index >= 15 is 0 Å². The molecule has 0 bridgehead atoms. The van der Waals surface area contributed by atoms with Gasteiger partial charge in [0, 0.05) is 20.2 Å². The van der Waals surface area contributed by atoms with E-state index in [-0.39, 0.29) is 5.60 Å². The molecular formula is C15H29NO3. The SMILES string of the molecule is COCCOCCNCC1CCC2(CCCCC2)O1. The van der Waals surface area contributed by atoms with Crippen LogP contribution in [0.5, 0.6) is 0 Å². The minimum Gasteiger partial charge on any atom is -0.382 e. The molecule has 19 heavy (non-hydrogen) atoms. The van der Waals surface area contributed by atoms with Gasteiger partial charge in [-0.25, -0.2) is 0 Å². The first-order valence-electron chi connectivity index (χ1n) is 7.80. The summed E-state index contributed by atoms with van der Waals surface area (Å²) in [5.74, 6) is 0. The lowest BCUT2D eigenvalue weighted by atomic mass is 9.83. The Kier molecular flexibility index (Phi) is 6.57. The summed E-state index contributed by atoms with van der Waals surface area (Å²) < 4.78 is 16.7. The Morgan fingerprint density at radius 1 is 1.11 bits per heavy atom. The topological polar surface area (TPSA) is 39.7 Å². The fraction of sp³-hybridized carbons (Fsp3) is 1.00. The monoisotopic (exact) mass is 271 g/mol. The van der Waals surface area contributed by atoms with Crippen molar-refractivity contribution in [2.24, 2.45) is 0 Å². The highest BCUT2D eigenvalue weighted by Gasteiger charge is 2.40. The van der Waals surface area contributed by atoms with Crippen molar-refractivity contribution in [3.05, 3.63) is 0 Å². The molecule has 1 spiro atoms. The van der Waals surface area contributed by atoms with Crippen molar-refractivity contribution in [2.45, 2.75) is 56.7 Å². The van der Waals surface area contributed by atoms with Crippen molar-refractivity contribution in [1.29, 1.82) is 0 Å². The largest absolute Gasteiger partial charge is 0.382 e. The fourth-order valence-corrected chi connectivity index (χ4v) is 3.25. The maximum atomic E-state index is 6.31. The van der Waals surface area contributed by atoms with Crippen LogP contribution < -0.4 is 5.32 Å². The molecule has 2 aliphatic rings. The average Bonchev–Trinajstić information content (AvgIpc) is 2.81. The van der Waals surface area contributed by atoms with Crippen LogP contribution in [0.3, 0.4) is 0 Å². The van der Waals surface area contributed by atoms with Crippen LogP contribution in [-0.4, -0.2) is 51.7 Å². The molecule has 1 atom stereocenters. The van der Waals surface area contributed by atoms with Gasteiger partial charge in [-0.05, 0) is 25.7 Å². The van der Waals surface area contributed by atoms with Crippen molar-refractivity contribution >= 4 is 0 Å². The van der Waals surface area contributed by atoms with Gasteiger partial charge in [-0.2, -0.15) is 0 Å². The second-order valence-electron chi connectivity index (χ2n) is 5.83.